The number of unbranched alkanes of at least 4 members (excludes halogenated alkanes) is 1. The van der Waals surface area contributed by atoms with E-state index in [-0.39, 0.29) is 11.8 Å². The Hall–Kier alpha value is -0.290. The van der Waals surface area contributed by atoms with Gasteiger partial charge in [0.1, 0.15) is 0 Å². The zero-order valence-electron chi connectivity index (χ0n) is 11.4. The molecular weight excluding hydrogens is 367 g/mol. The third-order valence-electron chi connectivity index (χ3n) is 2.59. The fraction of sp³-hybridized carbons (Fsp3) is 1.00. The summed E-state index contributed by atoms with van der Waals surface area (Å²) in [5.74, 6) is -12.6. The Morgan fingerprint density at radius 3 is 1.95 bits per heavy atom. The summed E-state index contributed by atoms with van der Waals surface area (Å²) in [5, 5.41) is -0.231. The van der Waals surface area contributed by atoms with Gasteiger partial charge in [-0.25, -0.2) is 13.1 Å². The number of sulfonamides is 1. The van der Waals surface area contributed by atoms with Crippen LogP contribution < -0.4 is 4.72 Å². The zero-order valence-corrected chi connectivity index (χ0v) is 12.9. The van der Waals surface area contributed by atoms with Crippen LogP contribution in [0.3, 0.4) is 0 Å². The van der Waals surface area contributed by atoms with Gasteiger partial charge in [-0.3, -0.25) is 0 Å². The number of halogens is 8. The number of hydrogen-bond donors (Lipinski definition) is 1. The summed E-state index contributed by atoms with van der Waals surface area (Å²) in [6, 6.07) is 0. The number of hydrogen-bond acceptors (Lipinski definition) is 2. The predicted molar refractivity (Wildman–Crippen MR) is 66.9 cm³/mol. The molecule has 0 heterocycles. The van der Waals surface area contributed by atoms with Gasteiger partial charge in [-0.1, -0.05) is 6.42 Å². The van der Waals surface area contributed by atoms with E-state index in [1.807, 2.05) is 0 Å². The quantitative estimate of drug-likeness (QED) is 0.377. The highest BCUT2D eigenvalue weighted by molar-refractivity contribution is 7.89. The van der Waals surface area contributed by atoms with E-state index >= 15 is 0 Å². The van der Waals surface area contributed by atoms with Crippen molar-refractivity contribution >= 4 is 21.6 Å². The molecule has 1 N–H and O–H groups in total. The standard InChI is InChI=1S/C10H15ClF7NO2S/c1-7(11)4-2-3-5-22(20,21)19-6-8(12,13)9(14,15)10(16,17)18/h7,19H,2-6H2,1H3. The summed E-state index contributed by atoms with van der Waals surface area (Å²) in [5.41, 5.74) is 0. The van der Waals surface area contributed by atoms with Crippen molar-refractivity contribution in [2.75, 3.05) is 12.3 Å². The Morgan fingerprint density at radius 2 is 1.55 bits per heavy atom. The van der Waals surface area contributed by atoms with Crippen molar-refractivity contribution in [3.8, 4) is 0 Å². The average molecular weight is 382 g/mol. The lowest BCUT2D eigenvalue weighted by atomic mass is 10.1. The second-order valence-electron chi connectivity index (χ2n) is 4.69. The Morgan fingerprint density at radius 1 is 1.05 bits per heavy atom. The van der Waals surface area contributed by atoms with E-state index in [0.717, 1.165) is 4.72 Å². The molecule has 0 aliphatic rings. The molecule has 0 radical (unpaired) electrons. The van der Waals surface area contributed by atoms with Crippen molar-refractivity contribution in [1.82, 2.24) is 4.72 Å². The van der Waals surface area contributed by atoms with Crippen molar-refractivity contribution < 1.29 is 39.2 Å². The smallest absolute Gasteiger partial charge is 0.212 e. The fourth-order valence-electron chi connectivity index (χ4n) is 1.31. The number of alkyl halides is 8. The Kier molecular flexibility index (Phi) is 7.42. The van der Waals surface area contributed by atoms with E-state index in [9.17, 15) is 39.2 Å². The van der Waals surface area contributed by atoms with Crippen LogP contribution in [0.5, 0.6) is 0 Å². The van der Waals surface area contributed by atoms with Crippen LogP contribution in [0.15, 0.2) is 0 Å². The molecule has 134 valence electrons. The summed E-state index contributed by atoms with van der Waals surface area (Å²) in [6.45, 7) is -0.693. The summed E-state index contributed by atoms with van der Waals surface area (Å²) in [6.07, 6.45) is -5.70. The minimum absolute atomic E-state index is 0.00757. The first-order valence-electron chi connectivity index (χ1n) is 6.06. The van der Waals surface area contributed by atoms with Gasteiger partial charge < -0.3 is 0 Å². The van der Waals surface area contributed by atoms with Gasteiger partial charge in [-0.05, 0) is 19.8 Å². The maximum absolute atomic E-state index is 12.9. The first-order chi connectivity index (χ1) is 9.62. The first-order valence-corrected chi connectivity index (χ1v) is 8.15. The molecule has 0 rings (SSSR count). The molecule has 22 heavy (non-hydrogen) atoms. The molecule has 0 amide bonds. The predicted octanol–water partition coefficient (Wildman–Crippen LogP) is 3.54. The van der Waals surface area contributed by atoms with Crippen LogP contribution in [-0.2, 0) is 10.0 Å². The first kappa shape index (κ1) is 21.7. The van der Waals surface area contributed by atoms with Crippen LogP contribution in [0.1, 0.15) is 26.2 Å². The molecule has 0 aromatic carbocycles. The lowest BCUT2D eigenvalue weighted by molar-refractivity contribution is -0.352. The number of nitrogens with one attached hydrogen (secondary N) is 1. The highest BCUT2D eigenvalue weighted by atomic mass is 35.5. The van der Waals surface area contributed by atoms with Gasteiger partial charge in [-0.15, -0.1) is 11.6 Å². The van der Waals surface area contributed by atoms with Crippen molar-refractivity contribution in [2.24, 2.45) is 0 Å². The lowest BCUT2D eigenvalue weighted by Crippen LogP contribution is -2.57. The molecule has 12 heteroatoms. The summed E-state index contributed by atoms with van der Waals surface area (Å²) in [4.78, 5) is 0. The summed E-state index contributed by atoms with van der Waals surface area (Å²) >= 11 is 5.59. The van der Waals surface area contributed by atoms with Crippen LogP contribution in [0.25, 0.3) is 0 Å². The topological polar surface area (TPSA) is 46.2 Å². The lowest BCUT2D eigenvalue weighted by Gasteiger charge is -2.28. The van der Waals surface area contributed by atoms with Gasteiger partial charge in [0.2, 0.25) is 10.0 Å². The fourth-order valence-corrected chi connectivity index (χ4v) is 2.59. The van der Waals surface area contributed by atoms with Crippen LogP contribution in [0, 0.1) is 0 Å². The molecule has 0 aromatic rings. The van der Waals surface area contributed by atoms with Crippen LogP contribution in [0.2, 0.25) is 0 Å². The largest absolute Gasteiger partial charge is 0.459 e. The van der Waals surface area contributed by atoms with Gasteiger partial charge in [0.05, 0.1) is 12.3 Å². The van der Waals surface area contributed by atoms with Crippen LogP contribution >= 0.6 is 11.6 Å². The summed E-state index contributed by atoms with van der Waals surface area (Å²) in [7, 11) is -4.39. The van der Waals surface area contributed by atoms with Crippen molar-refractivity contribution in [3.05, 3.63) is 0 Å². The zero-order chi connectivity index (χ0) is 17.8. The van der Waals surface area contributed by atoms with E-state index in [0.29, 0.717) is 12.8 Å². The molecule has 1 unspecified atom stereocenters. The molecule has 0 spiro atoms. The molecular formula is C10H15ClF7NO2S. The van der Waals surface area contributed by atoms with E-state index in [1.165, 1.54) is 0 Å². The molecule has 0 saturated heterocycles. The van der Waals surface area contributed by atoms with Gasteiger partial charge >= 0.3 is 18.0 Å². The van der Waals surface area contributed by atoms with Gasteiger partial charge in [0.15, 0.2) is 0 Å². The van der Waals surface area contributed by atoms with Crippen LogP contribution in [-0.4, -0.2) is 44.1 Å². The van der Waals surface area contributed by atoms with Crippen molar-refractivity contribution in [1.29, 1.82) is 0 Å². The average Bonchev–Trinajstić information content (AvgIpc) is 2.31. The Labute approximate surface area is 128 Å². The monoisotopic (exact) mass is 381 g/mol. The number of rotatable bonds is 9. The third kappa shape index (κ3) is 6.45. The van der Waals surface area contributed by atoms with E-state index < -0.39 is 40.3 Å². The van der Waals surface area contributed by atoms with E-state index in [1.54, 1.807) is 6.92 Å². The molecule has 0 aromatic heterocycles. The maximum atomic E-state index is 12.9. The van der Waals surface area contributed by atoms with Crippen molar-refractivity contribution in [2.45, 2.75) is 49.6 Å². The highest BCUT2D eigenvalue weighted by Crippen LogP contribution is 2.46. The highest BCUT2D eigenvalue weighted by Gasteiger charge is 2.72. The van der Waals surface area contributed by atoms with Gasteiger partial charge in [0, 0.05) is 5.38 Å². The van der Waals surface area contributed by atoms with Gasteiger partial charge in [0.25, 0.3) is 0 Å². The molecule has 0 aliphatic heterocycles. The Bertz CT molecular complexity index is 451. The molecule has 0 bridgehead atoms. The molecule has 0 fully saturated rings. The minimum Gasteiger partial charge on any atom is -0.212 e. The van der Waals surface area contributed by atoms with E-state index in [4.69, 9.17) is 11.6 Å². The minimum atomic E-state index is -6.49. The van der Waals surface area contributed by atoms with Crippen LogP contribution in [0.4, 0.5) is 30.7 Å². The molecule has 3 nitrogen and oxygen atoms in total. The third-order valence-corrected chi connectivity index (χ3v) is 4.22. The molecule has 1 atom stereocenters. The van der Waals surface area contributed by atoms with E-state index in [2.05, 4.69) is 0 Å². The Balaban J connectivity index is 4.58. The second-order valence-corrected chi connectivity index (χ2v) is 7.36. The van der Waals surface area contributed by atoms with Gasteiger partial charge in [-0.2, -0.15) is 30.7 Å². The summed E-state index contributed by atoms with van der Waals surface area (Å²) < 4.78 is 110. The molecule has 0 saturated carbocycles. The molecule has 0 aliphatic carbocycles. The normalized spacial score (nSPS) is 15.9. The second kappa shape index (κ2) is 7.52. The SMILES string of the molecule is CC(Cl)CCCCS(=O)(=O)NCC(F)(F)C(F)(F)C(F)(F)F. The van der Waals surface area contributed by atoms with Crippen molar-refractivity contribution in [3.63, 3.8) is 0 Å². The maximum Gasteiger partial charge on any atom is 0.459 e.